The van der Waals surface area contributed by atoms with E-state index in [1.807, 2.05) is 31.2 Å². The Balaban J connectivity index is 2.43. The molecule has 1 rings (SSSR count). The van der Waals surface area contributed by atoms with Gasteiger partial charge in [-0.05, 0) is 38.1 Å². The molecule has 4 nitrogen and oxygen atoms in total. The van der Waals surface area contributed by atoms with Crippen LogP contribution in [0.4, 0.5) is 0 Å². The molecule has 98 valence electrons. The van der Waals surface area contributed by atoms with Crippen molar-refractivity contribution in [2.24, 2.45) is 0 Å². The highest BCUT2D eigenvalue weighted by atomic mass is 32.2. The summed E-state index contributed by atoms with van der Waals surface area (Å²) in [6.07, 6.45) is 0. The number of carbonyl (C=O) groups excluding carboxylic acids is 2. The minimum absolute atomic E-state index is 0.0901. The van der Waals surface area contributed by atoms with Gasteiger partial charge in [0, 0.05) is 4.90 Å². The highest BCUT2D eigenvalue weighted by Crippen LogP contribution is 2.21. The smallest absolute Gasteiger partial charge is 0.375 e. The summed E-state index contributed by atoms with van der Waals surface area (Å²) in [5, 5.41) is 0. The molecule has 0 amide bonds. The number of ketones is 1. The Labute approximate surface area is 111 Å². The number of rotatable bonds is 7. The largest absolute Gasteiger partial charge is 0.494 e. The summed E-state index contributed by atoms with van der Waals surface area (Å²) in [6, 6.07) is 7.38. The van der Waals surface area contributed by atoms with Gasteiger partial charge in [0.1, 0.15) is 5.75 Å². The maximum Gasteiger partial charge on any atom is 0.375 e. The van der Waals surface area contributed by atoms with Gasteiger partial charge >= 0.3 is 5.97 Å². The molecule has 0 saturated carbocycles. The summed E-state index contributed by atoms with van der Waals surface area (Å²) in [6.45, 7) is 4.43. The van der Waals surface area contributed by atoms with Gasteiger partial charge in [-0.15, -0.1) is 11.8 Å². The topological polar surface area (TPSA) is 52.6 Å². The fourth-order valence-corrected chi connectivity index (χ4v) is 1.96. The molecule has 0 aliphatic heterocycles. The van der Waals surface area contributed by atoms with E-state index in [2.05, 4.69) is 4.74 Å². The lowest BCUT2D eigenvalue weighted by Crippen LogP contribution is -2.19. The van der Waals surface area contributed by atoms with Gasteiger partial charge < -0.3 is 9.47 Å². The predicted molar refractivity (Wildman–Crippen MR) is 70.0 cm³/mol. The van der Waals surface area contributed by atoms with Crippen molar-refractivity contribution in [1.29, 1.82) is 0 Å². The van der Waals surface area contributed by atoms with Gasteiger partial charge in [-0.1, -0.05) is 0 Å². The standard InChI is InChI=1S/C13H16O4S/c1-3-16-10-5-7-11(8-6-10)18-9-12(14)13(15)17-4-2/h5-8H,3-4,9H2,1-2H3. The van der Waals surface area contributed by atoms with E-state index in [1.54, 1.807) is 6.92 Å². The zero-order valence-corrected chi connectivity index (χ0v) is 11.3. The maximum absolute atomic E-state index is 11.4. The molecule has 0 bridgehead atoms. The summed E-state index contributed by atoms with van der Waals surface area (Å²) in [4.78, 5) is 23.4. The van der Waals surface area contributed by atoms with Crippen molar-refractivity contribution in [1.82, 2.24) is 0 Å². The first-order valence-electron chi connectivity index (χ1n) is 5.73. The summed E-state index contributed by atoms with van der Waals surface area (Å²) < 4.78 is 9.93. The molecule has 1 aromatic carbocycles. The molecular formula is C13H16O4S. The predicted octanol–water partition coefficient (Wildman–Crippen LogP) is 2.31. The number of hydrogen-bond acceptors (Lipinski definition) is 5. The maximum atomic E-state index is 11.4. The second-order valence-corrected chi connectivity index (χ2v) is 4.39. The van der Waals surface area contributed by atoms with Crippen LogP contribution >= 0.6 is 11.8 Å². The minimum Gasteiger partial charge on any atom is -0.494 e. The van der Waals surface area contributed by atoms with E-state index in [9.17, 15) is 9.59 Å². The summed E-state index contributed by atoms with van der Waals surface area (Å²) in [5.74, 6) is -0.405. The number of esters is 1. The molecule has 0 aromatic heterocycles. The van der Waals surface area contributed by atoms with Crippen LogP contribution in [0.2, 0.25) is 0 Å². The fraction of sp³-hybridized carbons (Fsp3) is 0.385. The Morgan fingerprint density at radius 3 is 2.33 bits per heavy atom. The first kappa shape index (κ1) is 14.6. The Bertz CT molecular complexity index is 400. The molecule has 0 heterocycles. The molecule has 0 fully saturated rings. The molecule has 0 saturated heterocycles. The molecule has 1 aromatic rings. The van der Waals surface area contributed by atoms with Crippen LogP contribution < -0.4 is 4.74 Å². The molecule has 5 heteroatoms. The molecule has 0 N–H and O–H groups in total. The molecular weight excluding hydrogens is 252 g/mol. The highest BCUT2D eigenvalue weighted by Gasteiger charge is 2.14. The van der Waals surface area contributed by atoms with Crippen LogP contribution in [0.15, 0.2) is 29.2 Å². The van der Waals surface area contributed by atoms with Crippen LogP contribution in [0.25, 0.3) is 0 Å². The average molecular weight is 268 g/mol. The summed E-state index contributed by atoms with van der Waals surface area (Å²) in [7, 11) is 0. The van der Waals surface area contributed by atoms with E-state index < -0.39 is 11.8 Å². The van der Waals surface area contributed by atoms with E-state index in [-0.39, 0.29) is 12.4 Å². The Morgan fingerprint density at radius 1 is 1.11 bits per heavy atom. The number of hydrogen-bond donors (Lipinski definition) is 0. The van der Waals surface area contributed by atoms with Gasteiger partial charge in [-0.25, -0.2) is 4.79 Å². The van der Waals surface area contributed by atoms with Crippen LogP contribution in [0, 0.1) is 0 Å². The van der Waals surface area contributed by atoms with Crippen LogP contribution in [0.1, 0.15) is 13.8 Å². The van der Waals surface area contributed by atoms with Crippen LogP contribution in [-0.2, 0) is 14.3 Å². The SMILES string of the molecule is CCOC(=O)C(=O)CSc1ccc(OCC)cc1. The quantitative estimate of drug-likeness (QED) is 0.431. The zero-order valence-electron chi connectivity index (χ0n) is 10.5. The normalized spacial score (nSPS) is 9.89. The number of Topliss-reactive ketones (excluding diaryl/α,β-unsaturated/α-hetero) is 1. The molecule has 0 unspecified atom stereocenters. The monoisotopic (exact) mass is 268 g/mol. The lowest BCUT2D eigenvalue weighted by molar-refractivity contribution is -0.152. The summed E-state index contributed by atoms with van der Waals surface area (Å²) >= 11 is 1.30. The molecule has 0 atom stereocenters. The summed E-state index contributed by atoms with van der Waals surface area (Å²) in [5.41, 5.74) is 0. The molecule has 0 aliphatic carbocycles. The van der Waals surface area contributed by atoms with Gasteiger partial charge in [0.05, 0.1) is 19.0 Å². The van der Waals surface area contributed by atoms with E-state index in [0.717, 1.165) is 10.6 Å². The lowest BCUT2D eigenvalue weighted by Gasteiger charge is -2.04. The number of benzene rings is 1. The van der Waals surface area contributed by atoms with Crippen molar-refractivity contribution < 1.29 is 19.1 Å². The van der Waals surface area contributed by atoms with Crippen LogP contribution in [-0.4, -0.2) is 30.7 Å². The number of ether oxygens (including phenoxy) is 2. The molecule has 0 spiro atoms. The van der Waals surface area contributed by atoms with Crippen molar-refractivity contribution in [3.8, 4) is 5.75 Å². The number of carbonyl (C=O) groups is 2. The Morgan fingerprint density at radius 2 is 1.78 bits per heavy atom. The van der Waals surface area contributed by atoms with E-state index in [0.29, 0.717) is 6.61 Å². The van der Waals surface area contributed by atoms with Gasteiger partial charge in [-0.3, -0.25) is 4.79 Å². The van der Waals surface area contributed by atoms with Crippen LogP contribution in [0.5, 0.6) is 5.75 Å². The molecule has 0 radical (unpaired) electrons. The van der Waals surface area contributed by atoms with Gasteiger partial charge in [-0.2, -0.15) is 0 Å². The Hall–Kier alpha value is -1.49. The van der Waals surface area contributed by atoms with Gasteiger partial charge in [0.25, 0.3) is 0 Å². The average Bonchev–Trinajstić information content (AvgIpc) is 2.38. The van der Waals surface area contributed by atoms with Crippen molar-refractivity contribution in [3.05, 3.63) is 24.3 Å². The Kier molecular flexibility index (Phi) is 6.28. The molecule has 0 aliphatic rings. The number of thioether (sulfide) groups is 1. The van der Waals surface area contributed by atoms with Crippen molar-refractivity contribution >= 4 is 23.5 Å². The second-order valence-electron chi connectivity index (χ2n) is 3.34. The van der Waals surface area contributed by atoms with Crippen molar-refractivity contribution in [2.45, 2.75) is 18.7 Å². The van der Waals surface area contributed by atoms with Crippen molar-refractivity contribution in [3.63, 3.8) is 0 Å². The van der Waals surface area contributed by atoms with E-state index >= 15 is 0 Å². The third-order valence-electron chi connectivity index (χ3n) is 2.01. The highest BCUT2D eigenvalue weighted by molar-refractivity contribution is 8.00. The second kappa shape index (κ2) is 7.76. The first-order valence-corrected chi connectivity index (χ1v) is 6.71. The third kappa shape index (κ3) is 4.79. The first-order chi connectivity index (χ1) is 8.67. The van der Waals surface area contributed by atoms with Crippen LogP contribution in [0.3, 0.4) is 0 Å². The van der Waals surface area contributed by atoms with Gasteiger partial charge in [0.15, 0.2) is 0 Å². The molecule has 18 heavy (non-hydrogen) atoms. The lowest BCUT2D eigenvalue weighted by atomic mass is 10.3. The van der Waals surface area contributed by atoms with Gasteiger partial charge in [0.2, 0.25) is 5.78 Å². The minimum atomic E-state index is -0.768. The third-order valence-corrected chi connectivity index (χ3v) is 3.02. The zero-order chi connectivity index (χ0) is 13.4. The van der Waals surface area contributed by atoms with E-state index in [1.165, 1.54) is 11.8 Å². The van der Waals surface area contributed by atoms with E-state index in [4.69, 9.17) is 4.74 Å². The van der Waals surface area contributed by atoms with Crippen molar-refractivity contribution in [2.75, 3.05) is 19.0 Å². The fourth-order valence-electron chi connectivity index (χ4n) is 1.22.